The van der Waals surface area contributed by atoms with Crippen LogP contribution in [0.1, 0.15) is 24.5 Å². The van der Waals surface area contributed by atoms with E-state index in [1.165, 1.54) is 23.4 Å². The molecule has 0 spiro atoms. The lowest BCUT2D eigenvalue weighted by Gasteiger charge is -2.21. The van der Waals surface area contributed by atoms with Gasteiger partial charge in [-0.1, -0.05) is 13.0 Å². The molecule has 4 nitrogen and oxygen atoms in total. The van der Waals surface area contributed by atoms with Crippen molar-refractivity contribution >= 4 is 10.0 Å². The van der Waals surface area contributed by atoms with Crippen molar-refractivity contribution in [2.45, 2.75) is 31.8 Å². The normalized spacial score (nSPS) is 11.8. The maximum absolute atomic E-state index is 13.8. The smallest absolute Gasteiger partial charge is 0.243 e. The van der Waals surface area contributed by atoms with Gasteiger partial charge in [0.15, 0.2) is 0 Å². The third-order valence-electron chi connectivity index (χ3n) is 2.96. The van der Waals surface area contributed by atoms with Crippen LogP contribution in [0.2, 0.25) is 0 Å². The molecule has 0 bridgehead atoms. The number of rotatable bonds is 7. The number of aliphatic hydroxyl groups is 1. The molecule has 0 unspecified atom stereocenters. The molecule has 112 valence electrons. The van der Waals surface area contributed by atoms with Crippen molar-refractivity contribution in [2.75, 3.05) is 13.1 Å². The number of hydrogen-bond acceptors (Lipinski definition) is 3. The third kappa shape index (κ3) is 3.45. The summed E-state index contributed by atoms with van der Waals surface area (Å²) in [7, 11) is -3.80. The van der Waals surface area contributed by atoms with Gasteiger partial charge in [0.2, 0.25) is 10.0 Å². The van der Waals surface area contributed by atoms with Crippen molar-refractivity contribution in [1.29, 1.82) is 0 Å². The molecule has 1 aromatic carbocycles. The van der Waals surface area contributed by atoms with E-state index < -0.39 is 22.4 Å². The minimum Gasteiger partial charge on any atom is -0.392 e. The molecule has 0 saturated heterocycles. The average molecular weight is 301 g/mol. The van der Waals surface area contributed by atoms with E-state index in [9.17, 15) is 12.8 Å². The molecule has 0 fully saturated rings. The molecule has 20 heavy (non-hydrogen) atoms. The standard InChI is InChI=1S/C14H20FNO3S/c1-4-6-16(7-5-2)20(18,19)14-9-12(10-17)8-13(15)11(14)3/h4,8-9,17H,1,5-7,10H2,2-3H3. The fraction of sp³-hybridized carbons (Fsp3) is 0.429. The molecule has 0 aliphatic carbocycles. The summed E-state index contributed by atoms with van der Waals surface area (Å²) in [5.41, 5.74) is 0.300. The lowest BCUT2D eigenvalue weighted by Crippen LogP contribution is -2.32. The first-order valence-corrected chi connectivity index (χ1v) is 7.83. The molecule has 0 heterocycles. The summed E-state index contributed by atoms with van der Waals surface area (Å²) in [6.07, 6.45) is 2.14. The van der Waals surface area contributed by atoms with Crippen LogP contribution in [0.15, 0.2) is 29.7 Å². The Hall–Kier alpha value is -1.24. The second kappa shape index (κ2) is 6.97. The highest BCUT2D eigenvalue weighted by Crippen LogP contribution is 2.24. The summed E-state index contributed by atoms with van der Waals surface area (Å²) < 4.78 is 40.2. The van der Waals surface area contributed by atoms with Gasteiger partial charge in [-0.05, 0) is 31.0 Å². The average Bonchev–Trinajstić information content (AvgIpc) is 2.41. The monoisotopic (exact) mass is 301 g/mol. The molecule has 6 heteroatoms. The van der Waals surface area contributed by atoms with Gasteiger partial charge >= 0.3 is 0 Å². The zero-order chi connectivity index (χ0) is 15.3. The number of nitrogens with zero attached hydrogens (tertiary/aromatic N) is 1. The molecule has 0 amide bonds. The molecule has 1 aromatic rings. The number of benzene rings is 1. The van der Waals surface area contributed by atoms with Crippen LogP contribution in [0.5, 0.6) is 0 Å². The van der Waals surface area contributed by atoms with E-state index in [2.05, 4.69) is 6.58 Å². The van der Waals surface area contributed by atoms with E-state index in [1.54, 1.807) is 0 Å². The minimum absolute atomic E-state index is 0.0624. The fourth-order valence-corrected chi connectivity index (χ4v) is 3.70. The van der Waals surface area contributed by atoms with Crippen LogP contribution in [0, 0.1) is 12.7 Å². The Morgan fingerprint density at radius 2 is 2.10 bits per heavy atom. The van der Waals surface area contributed by atoms with E-state index in [1.807, 2.05) is 6.92 Å². The number of halogens is 1. The molecule has 1 rings (SSSR count). The summed E-state index contributed by atoms with van der Waals surface area (Å²) in [6, 6.07) is 2.46. The second-order valence-electron chi connectivity index (χ2n) is 4.51. The summed E-state index contributed by atoms with van der Waals surface area (Å²) in [5, 5.41) is 9.10. The van der Waals surface area contributed by atoms with Gasteiger partial charge in [-0.3, -0.25) is 0 Å². The Morgan fingerprint density at radius 3 is 2.60 bits per heavy atom. The predicted molar refractivity (Wildman–Crippen MR) is 76.3 cm³/mol. The van der Waals surface area contributed by atoms with E-state index in [-0.39, 0.29) is 22.6 Å². The van der Waals surface area contributed by atoms with Crippen molar-refractivity contribution < 1.29 is 17.9 Å². The summed E-state index contributed by atoms with van der Waals surface area (Å²) >= 11 is 0. The molecule has 1 N–H and O–H groups in total. The maximum atomic E-state index is 13.8. The minimum atomic E-state index is -3.80. The van der Waals surface area contributed by atoms with Gasteiger partial charge in [-0.2, -0.15) is 4.31 Å². The van der Waals surface area contributed by atoms with Crippen molar-refractivity contribution in [2.24, 2.45) is 0 Å². The Morgan fingerprint density at radius 1 is 1.45 bits per heavy atom. The van der Waals surface area contributed by atoms with Crippen LogP contribution in [-0.4, -0.2) is 30.9 Å². The molecule has 0 aliphatic rings. The highest BCUT2D eigenvalue weighted by atomic mass is 32.2. The molecular weight excluding hydrogens is 281 g/mol. The van der Waals surface area contributed by atoms with Gasteiger partial charge in [0.25, 0.3) is 0 Å². The van der Waals surface area contributed by atoms with Crippen molar-refractivity contribution in [3.63, 3.8) is 0 Å². The van der Waals surface area contributed by atoms with E-state index in [0.717, 1.165) is 6.07 Å². The van der Waals surface area contributed by atoms with Crippen LogP contribution in [-0.2, 0) is 16.6 Å². The Kier molecular flexibility index (Phi) is 5.86. The third-order valence-corrected chi connectivity index (χ3v) is 4.95. The van der Waals surface area contributed by atoms with E-state index in [0.29, 0.717) is 13.0 Å². The first kappa shape index (κ1) is 16.8. The molecule has 0 atom stereocenters. The van der Waals surface area contributed by atoms with Crippen LogP contribution < -0.4 is 0 Å². The van der Waals surface area contributed by atoms with Gasteiger partial charge in [-0.15, -0.1) is 6.58 Å². The second-order valence-corrected chi connectivity index (χ2v) is 6.42. The summed E-state index contributed by atoms with van der Waals surface area (Å²) in [4.78, 5) is -0.100. The van der Waals surface area contributed by atoms with Gasteiger partial charge in [0.05, 0.1) is 11.5 Å². The molecule has 0 saturated carbocycles. The largest absolute Gasteiger partial charge is 0.392 e. The topological polar surface area (TPSA) is 57.6 Å². The van der Waals surface area contributed by atoms with Crippen molar-refractivity contribution in [3.8, 4) is 0 Å². The zero-order valence-corrected chi connectivity index (χ0v) is 12.6. The Balaban J connectivity index is 3.39. The molecule has 0 aliphatic heterocycles. The van der Waals surface area contributed by atoms with E-state index in [4.69, 9.17) is 5.11 Å². The number of hydrogen-bond donors (Lipinski definition) is 1. The summed E-state index contributed by atoms with van der Waals surface area (Å²) in [6.45, 7) is 6.92. The van der Waals surface area contributed by atoms with Crippen LogP contribution in [0.25, 0.3) is 0 Å². The Labute approximate surface area is 119 Å². The molecular formula is C14H20FNO3S. The predicted octanol–water partition coefficient (Wildman–Crippen LogP) is 2.21. The van der Waals surface area contributed by atoms with Gasteiger partial charge in [0.1, 0.15) is 5.82 Å². The lowest BCUT2D eigenvalue weighted by atomic mass is 10.1. The SMILES string of the molecule is C=CCN(CCC)S(=O)(=O)c1cc(CO)cc(F)c1C. The van der Waals surface area contributed by atoms with Gasteiger partial charge in [-0.25, -0.2) is 12.8 Å². The van der Waals surface area contributed by atoms with Crippen molar-refractivity contribution in [1.82, 2.24) is 4.31 Å². The van der Waals surface area contributed by atoms with Crippen LogP contribution >= 0.6 is 0 Å². The number of aliphatic hydroxyl groups excluding tert-OH is 1. The molecule has 0 radical (unpaired) electrons. The number of sulfonamides is 1. The van der Waals surface area contributed by atoms with Gasteiger partial charge < -0.3 is 5.11 Å². The lowest BCUT2D eigenvalue weighted by molar-refractivity contribution is 0.280. The first-order valence-electron chi connectivity index (χ1n) is 6.39. The van der Waals surface area contributed by atoms with Gasteiger partial charge in [0, 0.05) is 18.7 Å². The first-order chi connectivity index (χ1) is 9.38. The van der Waals surface area contributed by atoms with E-state index >= 15 is 0 Å². The fourth-order valence-electron chi connectivity index (χ4n) is 1.91. The zero-order valence-electron chi connectivity index (χ0n) is 11.8. The van der Waals surface area contributed by atoms with Crippen LogP contribution in [0.4, 0.5) is 4.39 Å². The highest BCUT2D eigenvalue weighted by molar-refractivity contribution is 7.89. The molecule has 0 aromatic heterocycles. The van der Waals surface area contributed by atoms with Crippen LogP contribution in [0.3, 0.4) is 0 Å². The van der Waals surface area contributed by atoms with Crippen molar-refractivity contribution in [3.05, 3.63) is 41.7 Å². The maximum Gasteiger partial charge on any atom is 0.243 e. The highest BCUT2D eigenvalue weighted by Gasteiger charge is 2.26. The Bertz CT molecular complexity index is 584. The quantitative estimate of drug-likeness (QED) is 0.786. The summed E-state index contributed by atoms with van der Waals surface area (Å²) in [5.74, 6) is -0.634.